The first-order chi connectivity index (χ1) is 9.25. The Kier molecular flexibility index (Phi) is 5.40. The van der Waals surface area contributed by atoms with Crippen LogP contribution in [0, 0.1) is 0 Å². The van der Waals surface area contributed by atoms with Crippen LogP contribution in [0.25, 0.3) is 0 Å². The Balaban J connectivity index is 1.86. The molecule has 1 aliphatic heterocycles. The van der Waals surface area contributed by atoms with Crippen LogP contribution in [0.15, 0.2) is 30.3 Å². The molecule has 0 spiro atoms. The highest BCUT2D eigenvalue weighted by Crippen LogP contribution is 2.21. The average molecular weight is 261 g/mol. The number of likely N-dealkylation sites (tertiary alicyclic amines) is 1. The van der Waals surface area contributed by atoms with Crippen LogP contribution in [0.1, 0.15) is 37.7 Å². The van der Waals surface area contributed by atoms with E-state index in [-0.39, 0.29) is 6.42 Å². The number of benzene rings is 1. The van der Waals surface area contributed by atoms with Gasteiger partial charge in [0.15, 0.2) is 0 Å². The number of carbonyl (C=O) groups is 1. The minimum absolute atomic E-state index is 0.286. The molecule has 0 radical (unpaired) electrons. The number of nitrogens with zero attached hydrogens (tertiary/aromatic N) is 1. The predicted octanol–water partition coefficient (Wildman–Crippen LogP) is 2.95. The molecule has 1 fully saturated rings. The van der Waals surface area contributed by atoms with E-state index >= 15 is 0 Å². The number of piperidine rings is 1. The molecule has 0 aliphatic carbocycles. The summed E-state index contributed by atoms with van der Waals surface area (Å²) in [5, 5.41) is 8.73. The van der Waals surface area contributed by atoms with E-state index in [1.54, 1.807) is 0 Å². The summed E-state index contributed by atoms with van der Waals surface area (Å²) < 4.78 is 0. The first kappa shape index (κ1) is 14.1. The number of carboxylic acids is 1. The summed E-state index contributed by atoms with van der Waals surface area (Å²) in [5.41, 5.74) is 1.39. The lowest BCUT2D eigenvalue weighted by molar-refractivity contribution is -0.137. The maximum atomic E-state index is 10.6. The molecule has 1 atom stereocenters. The minimum Gasteiger partial charge on any atom is -0.481 e. The fraction of sp³-hybridized carbons (Fsp3) is 0.562. The Hall–Kier alpha value is -1.35. The Labute approximate surface area is 115 Å². The second kappa shape index (κ2) is 7.29. The third-order valence-corrected chi connectivity index (χ3v) is 3.90. The van der Waals surface area contributed by atoms with E-state index in [0.717, 1.165) is 25.9 Å². The van der Waals surface area contributed by atoms with Crippen molar-refractivity contribution in [2.24, 2.45) is 0 Å². The summed E-state index contributed by atoms with van der Waals surface area (Å²) in [5.74, 6) is -0.684. The molecule has 1 N–H and O–H groups in total. The van der Waals surface area contributed by atoms with Crippen molar-refractivity contribution in [1.29, 1.82) is 0 Å². The smallest absolute Gasteiger partial charge is 0.303 e. The van der Waals surface area contributed by atoms with Crippen molar-refractivity contribution in [3.63, 3.8) is 0 Å². The zero-order valence-electron chi connectivity index (χ0n) is 11.4. The molecule has 104 valence electrons. The minimum atomic E-state index is -0.684. The number of aliphatic carboxylic acids is 1. The molecule has 3 heteroatoms. The molecule has 1 unspecified atom stereocenters. The van der Waals surface area contributed by atoms with Gasteiger partial charge in [-0.3, -0.25) is 4.79 Å². The molecule has 1 aliphatic rings. The zero-order chi connectivity index (χ0) is 13.5. The summed E-state index contributed by atoms with van der Waals surface area (Å²) in [6.45, 7) is 2.04. The van der Waals surface area contributed by atoms with Crippen LogP contribution in [0.5, 0.6) is 0 Å². The van der Waals surface area contributed by atoms with E-state index < -0.39 is 5.97 Å². The van der Waals surface area contributed by atoms with Crippen molar-refractivity contribution in [3.05, 3.63) is 35.9 Å². The number of hydrogen-bond acceptors (Lipinski definition) is 2. The van der Waals surface area contributed by atoms with Gasteiger partial charge in [0, 0.05) is 12.5 Å². The van der Waals surface area contributed by atoms with Gasteiger partial charge in [0.2, 0.25) is 0 Å². The van der Waals surface area contributed by atoms with Crippen LogP contribution in [-0.4, -0.2) is 35.1 Å². The molecule has 1 heterocycles. The van der Waals surface area contributed by atoms with Crippen molar-refractivity contribution in [3.8, 4) is 0 Å². The van der Waals surface area contributed by atoms with Crippen molar-refractivity contribution in [1.82, 2.24) is 4.90 Å². The molecule has 1 saturated heterocycles. The fourth-order valence-electron chi connectivity index (χ4n) is 2.91. The molecule has 0 saturated carbocycles. The highest BCUT2D eigenvalue weighted by Gasteiger charge is 2.22. The lowest BCUT2D eigenvalue weighted by Crippen LogP contribution is -2.41. The number of carboxylic acid groups (broad SMARTS) is 1. The molecule has 0 amide bonds. The molecular weight excluding hydrogens is 238 g/mol. The van der Waals surface area contributed by atoms with Crippen LogP contribution in [-0.2, 0) is 11.2 Å². The monoisotopic (exact) mass is 261 g/mol. The van der Waals surface area contributed by atoms with Gasteiger partial charge in [-0.15, -0.1) is 0 Å². The number of hydrogen-bond donors (Lipinski definition) is 1. The van der Waals surface area contributed by atoms with E-state index in [9.17, 15) is 4.79 Å². The largest absolute Gasteiger partial charge is 0.481 e. The molecule has 19 heavy (non-hydrogen) atoms. The van der Waals surface area contributed by atoms with E-state index in [4.69, 9.17) is 5.11 Å². The summed E-state index contributed by atoms with van der Waals surface area (Å²) in [4.78, 5) is 13.1. The summed E-state index contributed by atoms with van der Waals surface area (Å²) in [6.07, 6.45) is 5.93. The first-order valence-corrected chi connectivity index (χ1v) is 7.25. The Morgan fingerprint density at radius 2 is 2.05 bits per heavy atom. The van der Waals surface area contributed by atoms with E-state index in [2.05, 4.69) is 35.2 Å². The molecule has 3 nitrogen and oxygen atoms in total. The highest BCUT2D eigenvalue weighted by molar-refractivity contribution is 5.66. The van der Waals surface area contributed by atoms with Gasteiger partial charge >= 0.3 is 5.97 Å². The maximum absolute atomic E-state index is 10.6. The molecule has 1 aromatic rings. The second-order valence-electron chi connectivity index (χ2n) is 5.37. The van der Waals surface area contributed by atoms with Crippen LogP contribution < -0.4 is 0 Å². The normalized spacial score (nSPS) is 20.3. The third kappa shape index (κ3) is 4.67. The van der Waals surface area contributed by atoms with Crippen LogP contribution in [0.3, 0.4) is 0 Å². The highest BCUT2D eigenvalue weighted by atomic mass is 16.4. The van der Waals surface area contributed by atoms with Crippen LogP contribution >= 0.6 is 0 Å². The molecular formula is C16H23NO2. The topological polar surface area (TPSA) is 40.5 Å². The Morgan fingerprint density at radius 3 is 2.79 bits per heavy atom. The maximum Gasteiger partial charge on any atom is 0.303 e. The summed E-state index contributed by atoms with van der Waals surface area (Å²) in [7, 11) is 0. The van der Waals surface area contributed by atoms with Crippen molar-refractivity contribution in [2.75, 3.05) is 13.1 Å². The molecule has 0 aromatic heterocycles. The van der Waals surface area contributed by atoms with Crippen LogP contribution in [0.2, 0.25) is 0 Å². The van der Waals surface area contributed by atoms with E-state index in [1.807, 2.05) is 0 Å². The van der Waals surface area contributed by atoms with Gasteiger partial charge in [-0.1, -0.05) is 36.8 Å². The lowest BCUT2D eigenvalue weighted by atomic mass is 9.95. The SMILES string of the molecule is O=C(O)CCCN1CCCCC1Cc1ccccc1. The molecule has 1 aromatic carbocycles. The van der Waals surface area contributed by atoms with Crippen LogP contribution in [0.4, 0.5) is 0 Å². The quantitative estimate of drug-likeness (QED) is 0.856. The first-order valence-electron chi connectivity index (χ1n) is 7.25. The van der Waals surface area contributed by atoms with Gasteiger partial charge in [-0.2, -0.15) is 0 Å². The van der Waals surface area contributed by atoms with Crippen molar-refractivity contribution >= 4 is 5.97 Å². The zero-order valence-corrected chi connectivity index (χ0v) is 11.4. The lowest BCUT2D eigenvalue weighted by Gasteiger charge is -2.35. The van der Waals surface area contributed by atoms with Crippen molar-refractivity contribution < 1.29 is 9.90 Å². The van der Waals surface area contributed by atoms with Gasteiger partial charge < -0.3 is 10.0 Å². The van der Waals surface area contributed by atoms with Gasteiger partial charge in [0.25, 0.3) is 0 Å². The molecule has 2 rings (SSSR count). The standard InChI is InChI=1S/C16H23NO2/c18-16(19)10-6-12-17-11-5-4-9-15(17)13-14-7-2-1-3-8-14/h1-3,7-8,15H,4-6,9-13H2,(H,18,19). The van der Waals surface area contributed by atoms with Gasteiger partial charge in [0.1, 0.15) is 0 Å². The predicted molar refractivity (Wildman–Crippen MR) is 76.2 cm³/mol. The van der Waals surface area contributed by atoms with Gasteiger partial charge in [-0.05, 0) is 44.3 Å². The van der Waals surface area contributed by atoms with E-state index in [1.165, 1.54) is 24.8 Å². The van der Waals surface area contributed by atoms with E-state index in [0.29, 0.717) is 6.04 Å². The van der Waals surface area contributed by atoms with Gasteiger partial charge in [-0.25, -0.2) is 0 Å². The fourth-order valence-corrected chi connectivity index (χ4v) is 2.91. The second-order valence-corrected chi connectivity index (χ2v) is 5.37. The molecule has 0 bridgehead atoms. The third-order valence-electron chi connectivity index (χ3n) is 3.90. The number of rotatable bonds is 6. The summed E-state index contributed by atoms with van der Waals surface area (Å²) in [6, 6.07) is 11.2. The summed E-state index contributed by atoms with van der Waals surface area (Å²) >= 11 is 0. The Bertz CT molecular complexity index is 391. The van der Waals surface area contributed by atoms with Gasteiger partial charge in [0.05, 0.1) is 0 Å². The average Bonchev–Trinajstić information content (AvgIpc) is 2.41. The van der Waals surface area contributed by atoms with Crippen molar-refractivity contribution in [2.45, 2.75) is 44.6 Å². The Morgan fingerprint density at radius 1 is 1.26 bits per heavy atom.